The summed E-state index contributed by atoms with van der Waals surface area (Å²) in [5.41, 5.74) is 8.64. The van der Waals surface area contributed by atoms with Gasteiger partial charge in [0, 0.05) is 5.69 Å². The van der Waals surface area contributed by atoms with E-state index in [1.165, 1.54) is 0 Å². The van der Waals surface area contributed by atoms with E-state index in [2.05, 4.69) is 10.6 Å². The molecule has 4 N–H and O–H groups in total. The average molecular weight is 359 g/mol. The van der Waals surface area contributed by atoms with Crippen LogP contribution < -0.4 is 16.4 Å². The van der Waals surface area contributed by atoms with Gasteiger partial charge in [0.15, 0.2) is 0 Å². The van der Waals surface area contributed by atoms with Gasteiger partial charge in [0.25, 0.3) is 0 Å². The molecule has 0 radical (unpaired) electrons. The van der Waals surface area contributed by atoms with Crippen LogP contribution in [-0.4, -0.2) is 11.9 Å². The Bertz CT molecular complexity index is 911. The summed E-state index contributed by atoms with van der Waals surface area (Å²) in [6, 6.07) is 25.6. The van der Waals surface area contributed by atoms with Crippen LogP contribution in [0.4, 0.5) is 10.5 Å². The summed E-state index contributed by atoms with van der Waals surface area (Å²) >= 11 is 0. The highest BCUT2D eigenvalue weighted by Crippen LogP contribution is 2.26. The van der Waals surface area contributed by atoms with E-state index in [0.29, 0.717) is 5.69 Å². The molecule has 3 aromatic rings. The van der Waals surface area contributed by atoms with Gasteiger partial charge in [-0.05, 0) is 28.8 Å². The second-order valence-corrected chi connectivity index (χ2v) is 6.15. The summed E-state index contributed by atoms with van der Waals surface area (Å²) in [5.74, 6) is -0.414. The highest BCUT2D eigenvalue weighted by atomic mass is 16.2. The molecule has 27 heavy (non-hydrogen) atoms. The summed E-state index contributed by atoms with van der Waals surface area (Å²) in [4.78, 5) is 24.1. The number of amides is 3. The van der Waals surface area contributed by atoms with Crippen LogP contribution in [0.2, 0.25) is 0 Å². The van der Waals surface area contributed by atoms with Crippen LogP contribution in [0.1, 0.15) is 22.7 Å². The van der Waals surface area contributed by atoms with Crippen LogP contribution in [0.3, 0.4) is 0 Å². The zero-order chi connectivity index (χ0) is 19.1. The van der Waals surface area contributed by atoms with Gasteiger partial charge in [0.1, 0.15) is 0 Å². The highest BCUT2D eigenvalue weighted by molar-refractivity contribution is 5.89. The van der Waals surface area contributed by atoms with Crippen LogP contribution in [0.25, 0.3) is 0 Å². The van der Waals surface area contributed by atoms with Crippen molar-refractivity contribution in [3.05, 3.63) is 102 Å². The van der Waals surface area contributed by atoms with Crippen molar-refractivity contribution < 1.29 is 9.59 Å². The van der Waals surface area contributed by atoms with Crippen molar-refractivity contribution in [2.45, 2.75) is 12.5 Å². The molecule has 1 atom stereocenters. The van der Waals surface area contributed by atoms with Crippen LogP contribution in [0.15, 0.2) is 84.9 Å². The lowest BCUT2D eigenvalue weighted by molar-refractivity contribution is -0.117. The Labute approximate surface area is 158 Å². The molecule has 0 aliphatic heterocycles. The number of rotatable bonds is 6. The first-order valence-corrected chi connectivity index (χ1v) is 8.67. The van der Waals surface area contributed by atoms with Gasteiger partial charge in [0.05, 0.1) is 12.5 Å². The molecule has 1 unspecified atom stereocenters. The molecule has 136 valence electrons. The molecule has 0 saturated heterocycles. The van der Waals surface area contributed by atoms with Gasteiger partial charge < -0.3 is 16.4 Å². The quantitative estimate of drug-likeness (QED) is 0.628. The fraction of sp³-hybridized carbons (Fsp3) is 0.0909. The van der Waals surface area contributed by atoms with Gasteiger partial charge in [-0.15, -0.1) is 0 Å². The van der Waals surface area contributed by atoms with E-state index in [0.717, 1.165) is 16.7 Å². The molecule has 0 saturated carbocycles. The lowest BCUT2D eigenvalue weighted by Crippen LogP contribution is -2.34. The minimum Gasteiger partial charge on any atom is -0.369 e. The maximum atomic E-state index is 12.6. The van der Waals surface area contributed by atoms with Gasteiger partial charge in [-0.2, -0.15) is 0 Å². The summed E-state index contributed by atoms with van der Waals surface area (Å²) in [5, 5.41) is 5.84. The third-order valence-electron chi connectivity index (χ3n) is 4.17. The van der Waals surface area contributed by atoms with E-state index in [9.17, 15) is 9.59 Å². The fourth-order valence-corrected chi connectivity index (χ4v) is 2.97. The van der Waals surface area contributed by atoms with E-state index in [1.807, 2.05) is 84.9 Å². The van der Waals surface area contributed by atoms with E-state index >= 15 is 0 Å². The van der Waals surface area contributed by atoms with Crippen LogP contribution in [0.5, 0.6) is 0 Å². The monoisotopic (exact) mass is 359 g/mol. The molecule has 0 aliphatic carbocycles. The van der Waals surface area contributed by atoms with Crippen molar-refractivity contribution in [2.24, 2.45) is 5.73 Å². The minimum absolute atomic E-state index is 0.113. The molecule has 5 nitrogen and oxygen atoms in total. The van der Waals surface area contributed by atoms with Gasteiger partial charge in [-0.3, -0.25) is 4.79 Å². The first kappa shape index (κ1) is 18.2. The van der Waals surface area contributed by atoms with Crippen LogP contribution >= 0.6 is 0 Å². The molecular formula is C22H21N3O2. The summed E-state index contributed by atoms with van der Waals surface area (Å²) in [7, 11) is 0. The fourth-order valence-electron chi connectivity index (χ4n) is 2.97. The number of hydrogen-bond donors (Lipinski definition) is 3. The molecule has 0 spiro atoms. The number of urea groups is 1. The molecule has 0 heterocycles. The normalized spacial score (nSPS) is 11.4. The van der Waals surface area contributed by atoms with Gasteiger partial charge >= 0.3 is 6.03 Å². The van der Waals surface area contributed by atoms with Crippen molar-refractivity contribution in [1.82, 2.24) is 5.32 Å². The molecule has 0 aliphatic rings. The van der Waals surface area contributed by atoms with Crippen LogP contribution in [-0.2, 0) is 11.2 Å². The van der Waals surface area contributed by atoms with E-state index in [4.69, 9.17) is 5.73 Å². The number of nitrogens with one attached hydrogen (secondary N) is 2. The van der Waals surface area contributed by atoms with E-state index < -0.39 is 11.9 Å². The number of primary amides is 1. The van der Waals surface area contributed by atoms with Gasteiger partial charge in [-0.1, -0.05) is 72.8 Å². The predicted molar refractivity (Wildman–Crippen MR) is 106 cm³/mol. The lowest BCUT2D eigenvalue weighted by atomic mass is 9.93. The molecule has 3 rings (SSSR count). The molecule has 0 bridgehead atoms. The second kappa shape index (κ2) is 8.67. The Balaban J connectivity index is 1.91. The number of carbonyl (C=O) groups is 2. The van der Waals surface area contributed by atoms with Crippen molar-refractivity contribution in [3.63, 3.8) is 0 Å². The van der Waals surface area contributed by atoms with Crippen molar-refractivity contribution >= 4 is 17.6 Å². The standard InChI is InChI=1S/C22H21N3O2/c23-20(26)15-17-11-7-8-14-19(17)21(16-9-3-1-4-10-16)25-22(27)24-18-12-5-2-6-13-18/h1-14,21H,15H2,(H2,23,26)(H2,24,25,27). The second-order valence-electron chi connectivity index (χ2n) is 6.15. The van der Waals surface area contributed by atoms with Crippen LogP contribution in [0, 0.1) is 0 Å². The maximum absolute atomic E-state index is 12.6. The summed E-state index contributed by atoms with van der Waals surface area (Å²) in [6.07, 6.45) is 0.113. The topological polar surface area (TPSA) is 84.2 Å². The van der Waals surface area contributed by atoms with E-state index in [-0.39, 0.29) is 12.5 Å². The Hall–Kier alpha value is -3.60. The number of carbonyl (C=O) groups excluding carboxylic acids is 2. The third-order valence-corrected chi connectivity index (χ3v) is 4.17. The largest absolute Gasteiger partial charge is 0.369 e. The maximum Gasteiger partial charge on any atom is 0.319 e. The number of benzene rings is 3. The molecule has 0 aromatic heterocycles. The Morgan fingerprint density at radius 1 is 0.815 bits per heavy atom. The number of nitrogens with two attached hydrogens (primary N) is 1. The Morgan fingerprint density at radius 3 is 2.07 bits per heavy atom. The zero-order valence-electron chi connectivity index (χ0n) is 14.8. The smallest absolute Gasteiger partial charge is 0.319 e. The number of hydrogen-bond acceptors (Lipinski definition) is 2. The minimum atomic E-state index is -0.414. The highest BCUT2D eigenvalue weighted by Gasteiger charge is 2.20. The zero-order valence-corrected chi connectivity index (χ0v) is 14.8. The molecule has 3 amide bonds. The van der Waals surface area contributed by atoms with Gasteiger partial charge in [-0.25, -0.2) is 4.79 Å². The first-order valence-electron chi connectivity index (χ1n) is 8.67. The Morgan fingerprint density at radius 2 is 1.41 bits per heavy atom. The Kier molecular flexibility index (Phi) is 5.84. The third kappa shape index (κ3) is 4.95. The number of anilines is 1. The molecule has 3 aromatic carbocycles. The predicted octanol–water partition coefficient (Wildman–Crippen LogP) is 3.63. The first-order chi connectivity index (χ1) is 13.1. The summed E-state index contributed by atoms with van der Waals surface area (Å²) < 4.78 is 0. The number of para-hydroxylation sites is 1. The molecule has 5 heteroatoms. The van der Waals surface area contributed by atoms with Crippen molar-refractivity contribution in [2.75, 3.05) is 5.32 Å². The van der Waals surface area contributed by atoms with E-state index in [1.54, 1.807) is 0 Å². The summed E-state index contributed by atoms with van der Waals surface area (Å²) in [6.45, 7) is 0. The lowest BCUT2D eigenvalue weighted by Gasteiger charge is -2.22. The molecular weight excluding hydrogens is 338 g/mol. The molecule has 0 fully saturated rings. The average Bonchev–Trinajstić information content (AvgIpc) is 2.68. The van der Waals surface area contributed by atoms with Crippen molar-refractivity contribution in [3.8, 4) is 0 Å². The SMILES string of the molecule is NC(=O)Cc1ccccc1C(NC(=O)Nc1ccccc1)c1ccccc1. The van der Waals surface area contributed by atoms with Gasteiger partial charge in [0.2, 0.25) is 5.91 Å². The van der Waals surface area contributed by atoms with Crippen molar-refractivity contribution in [1.29, 1.82) is 0 Å².